The highest BCUT2D eigenvalue weighted by molar-refractivity contribution is 5.47. The van der Waals surface area contributed by atoms with Crippen LogP contribution in [0.15, 0.2) is 42.5 Å². The zero-order valence-corrected chi connectivity index (χ0v) is 13.6. The molecule has 0 spiro atoms. The van der Waals surface area contributed by atoms with Gasteiger partial charge in [0.2, 0.25) is 0 Å². The van der Waals surface area contributed by atoms with E-state index in [0.717, 1.165) is 44.1 Å². The molecule has 2 aliphatic heterocycles. The van der Waals surface area contributed by atoms with Gasteiger partial charge in [0.15, 0.2) is 0 Å². The van der Waals surface area contributed by atoms with Gasteiger partial charge in [-0.05, 0) is 36.2 Å². The number of rotatable bonds is 3. The lowest BCUT2D eigenvalue weighted by Crippen LogP contribution is -2.25. The van der Waals surface area contributed by atoms with Crippen LogP contribution in [0, 0.1) is 17.2 Å². The molecule has 2 aromatic rings. The molecule has 0 saturated carbocycles. The standard InChI is InChI=1S/C20H21N3O/c21-10-14-5-6-20-17(9-14)18-12-23(11-16(18)13-24-20)8-7-15-3-1-2-4-19(15)22/h1-6,9,16,18H,7-8,11-13,22H2/t16-,18+/m0/s1. The average Bonchev–Trinajstić information content (AvgIpc) is 3.04. The number of nitrogens with two attached hydrogens (primary N) is 1. The third-order valence-electron chi connectivity index (χ3n) is 5.26. The Hall–Kier alpha value is -2.51. The first-order valence-corrected chi connectivity index (χ1v) is 8.47. The van der Waals surface area contributed by atoms with Gasteiger partial charge >= 0.3 is 0 Å². The van der Waals surface area contributed by atoms with E-state index in [1.165, 1.54) is 11.1 Å². The highest BCUT2D eigenvalue weighted by Crippen LogP contribution is 2.41. The summed E-state index contributed by atoms with van der Waals surface area (Å²) in [6.07, 6.45) is 0.970. The third-order valence-corrected chi connectivity index (χ3v) is 5.26. The molecule has 0 aliphatic carbocycles. The number of anilines is 1. The summed E-state index contributed by atoms with van der Waals surface area (Å²) >= 11 is 0. The lowest BCUT2D eigenvalue weighted by Gasteiger charge is -2.27. The number of benzene rings is 2. The summed E-state index contributed by atoms with van der Waals surface area (Å²) in [5, 5.41) is 9.15. The molecule has 2 N–H and O–H groups in total. The Morgan fingerprint density at radius 3 is 2.92 bits per heavy atom. The Morgan fingerprint density at radius 1 is 1.21 bits per heavy atom. The van der Waals surface area contributed by atoms with Crippen LogP contribution >= 0.6 is 0 Å². The van der Waals surface area contributed by atoms with Crippen LogP contribution in [-0.2, 0) is 6.42 Å². The van der Waals surface area contributed by atoms with Crippen molar-refractivity contribution in [3.8, 4) is 11.8 Å². The fraction of sp³-hybridized carbons (Fsp3) is 0.350. The van der Waals surface area contributed by atoms with Crippen LogP contribution in [0.4, 0.5) is 5.69 Å². The summed E-state index contributed by atoms with van der Waals surface area (Å²) in [6, 6.07) is 16.1. The predicted molar refractivity (Wildman–Crippen MR) is 93.9 cm³/mol. The van der Waals surface area contributed by atoms with Crippen LogP contribution in [0.25, 0.3) is 0 Å². The van der Waals surface area contributed by atoms with Crippen molar-refractivity contribution >= 4 is 5.69 Å². The van der Waals surface area contributed by atoms with Crippen LogP contribution in [0.2, 0.25) is 0 Å². The van der Waals surface area contributed by atoms with Gasteiger partial charge in [0, 0.05) is 42.7 Å². The van der Waals surface area contributed by atoms with Gasteiger partial charge < -0.3 is 15.4 Å². The van der Waals surface area contributed by atoms with E-state index in [1.807, 2.05) is 36.4 Å². The van der Waals surface area contributed by atoms with E-state index in [9.17, 15) is 0 Å². The van der Waals surface area contributed by atoms with Crippen molar-refractivity contribution in [2.24, 2.45) is 5.92 Å². The van der Waals surface area contributed by atoms with E-state index in [0.29, 0.717) is 17.4 Å². The second-order valence-corrected chi connectivity index (χ2v) is 6.75. The first-order valence-electron chi connectivity index (χ1n) is 8.47. The minimum Gasteiger partial charge on any atom is -0.493 e. The highest BCUT2D eigenvalue weighted by Gasteiger charge is 2.38. The number of hydrogen-bond acceptors (Lipinski definition) is 4. The van der Waals surface area contributed by atoms with Crippen molar-refractivity contribution in [1.29, 1.82) is 5.26 Å². The molecular formula is C20H21N3O. The summed E-state index contributed by atoms with van der Waals surface area (Å²) in [5.74, 6) is 1.93. The molecule has 2 atom stereocenters. The number of nitriles is 1. The number of nitrogen functional groups attached to an aromatic ring is 1. The van der Waals surface area contributed by atoms with Crippen LogP contribution in [0.1, 0.15) is 22.6 Å². The van der Waals surface area contributed by atoms with Crippen LogP contribution in [-0.4, -0.2) is 31.1 Å². The lowest BCUT2D eigenvalue weighted by molar-refractivity contribution is 0.213. The Bertz CT molecular complexity index is 796. The Morgan fingerprint density at radius 2 is 2.08 bits per heavy atom. The van der Waals surface area contributed by atoms with Crippen LogP contribution in [0.5, 0.6) is 5.75 Å². The predicted octanol–water partition coefficient (Wildman–Crippen LogP) is 2.79. The average molecular weight is 319 g/mol. The molecule has 2 aliphatic rings. The van der Waals surface area contributed by atoms with E-state index in [4.69, 9.17) is 15.7 Å². The zero-order valence-electron chi connectivity index (χ0n) is 13.6. The van der Waals surface area contributed by atoms with Crippen molar-refractivity contribution in [2.75, 3.05) is 32.0 Å². The molecule has 4 nitrogen and oxygen atoms in total. The van der Waals surface area contributed by atoms with Crippen molar-refractivity contribution < 1.29 is 4.74 Å². The molecule has 0 aromatic heterocycles. The summed E-state index contributed by atoms with van der Waals surface area (Å²) in [7, 11) is 0. The summed E-state index contributed by atoms with van der Waals surface area (Å²) in [5.41, 5.74) is 10.1. The number of para-hydroxylation sites is 1. The Labute approximate surface area is 142 Å². The summed E-state index contributed by atoms with van der Waals surface area (Å²) < 4.78 is 5.91. The monoisotopic (exact) mass is 319 g/mol. The van der Waals surface area contributed by atoms with Crippen LogP contribution < -0.4 is 10.5 Å². The smallest absolute Gasteiger partial charge is 0.122 e. The van der Waals surface area contributed by atoms with Crippen molar-refractivity contribution in [1.82, 2.24) is 4.90 Å². The molecule has 0 unspecified atom stereocenters. The van der Waals surface area contributed by atoms with Gasteiger partial charge in [-0.25, -0.2) is 0 Å². The molecule has 0 amide bonds. The minimum absolute atomic E-state index is 0.468. The second-order valence-electron chi connectivity index (χ2n) is 6.75. The minimum atomic E-state index is 0.468. The fourth-order valence-corrected chi connectivity index (χ4v) is 3.94. The van der Waals surface area contributed by atoms with Gasteiger partial charge in [-0.3, -0.25) is 0 Å². The summed E-state index contributed by atoms with van der Waals surface area (Å²) in [4.78, 5) is 2.50. The molecular weight excluding hydrogens is 298 g/mol. The zero-order chi connectivity index (χ0) is 16.5. The van der Waals surface area contributed by atoms with Gasteiger partial charge in [0.1, 0.15) is 5.75 Å². The molecule has 122 valence electrons. The molecule has 2 heterocycles. The molecule has 0 radical (unpaired) electrons. The number of likely N-dealkylation sites (tertiary alicyclic amines) is 1. The van der Waals surface area contributed by atoms with Gasteiger partial charge in [-0.2, -0.15) is 5.26 Å². The van der Waals surface area contributed by atoms with E-state index in [-0.39, 0.29) is 0 Å². The lowest BCUT2D eigenvalue weighted by atomic mass is 9.86. The fourth-order valence-electron chi connectivity index (χ4n) is 3.94. The maximum atomic E-state index is 9.15. The van der Waals surface area contributed by atoms with Gasteiger partial charge in [-0.1, -0.05) is 18.2 Å². The van der Waals surface area contributed by atoms with E-state index < -0.39 is 0 Å². The normalized spacial score (nSPS) is 22.3. The first kappa shape index (κ1) is 15.0. The number of ether oxygens (including phenoxy) is 1. The first-order chi connectivity index (χ1) is 11.7. The van der Waals surface area contributed by atoms with Crippen LogP contribution in [0.3, 0.4) is 0 Å². The van der Waals surface area contributed by atoms with E-state index in [1.54, 1.807) is 0 Å². The number of nitrogens with zero attached hydrogens (tertiary/aromatic N) is 2. The summed E-state index contributed by atoms with van der Waals surface area (Å²) in [6.45, 7) is 3.86. The molecule has 4 heteroatoms. The Balaban J connectivity index is 1.47. The maximum Gasteiger partial charge on any atom is 0.122 e. The van der Waals surface area contributed by atoms with Gasteiger partial charge in [0.25, 0.3) is 0 Å². The molecule has 0 bridgehead atoms. The molecule has 1 saturated heterocycles. The second kappa shape index (κ2) is 6.18. The molecule has 4 rings (SSSR count). The molecule has 1 fully saturated rings. The number of fused-ring (bicyclic) bond motifs is 3. The van der Waals surface area contributed by atoms with Crippen molar-refractivity contribution in [3.63, 3.8) is 0 Å². The van der Waals surface area contributed by atoms with Gasteiger partial charge in [0.05, 0.1) is 18.2 Å². The SMILES string of the molecule is N#Cc1ccc2c(c1)[C@@H]1CN(CCc3ccccc3N)C[C@H]1CO2. The van der Waals surface area contributed by atoms with E-state index >= 15 is 0 Å². The van der Waals surface area contributed by atoms with E-state index in [2.05, 4.69) is 17.0 Å². The van der Waals surface area contributed by atoms with Crippen molar-refractivity contribution in [2.45, 2.75) is 12.3 Å². The number of hydrogen-bond donors (Lipinski definition) is 1. The Kier molecular flexibility index (Phi) is 3.87. The molecule has 24 heavy (non-hydrogen) atoms. The molecule has 2 aromatic carbocycles. The highest BCUT2D eigenvalue weighted by atomic mass is 16.5. The largest absolute Gasteiger partial charge is 0.493 e. The van der Waals surface area contributed by atoms with Crippen molar-refractivity contribution in [3.05, 3.63) is 59.2 Å². The maximum absolute atomic E-state index is 9.15. The van der Waals surface area contributed by atoms with Gasteiger partial charge in [-0.15, -0.1) is 0 Å². The topological polar surface area (TPSA) is 62.3 Å². The quantitative estimate of drug-likeness (QED) is 0.884. The third kappa shape index (κ3) is 2.72.